The molecule has 0 aromatic carbocycles. The van der Waals surface area contributed by atoms with Crippen LogP contribution in [0.2, 0.25) is 0 Å². The Kier molecular flexibility index (Phi) is 5.11. The molecule has 16 heavy (non-hydrogen) atoms. The Morgan fingerprint density at radius 3 is 2.94 bits per heavy atom. The number of thioether (sulfide) groups is 1. The number of hydrogen-bond donors (Lipinski definition) is 1. The van der Waals surface area contributed by atoms with Crippen LogP contribution in [-0.4, -0.2) is 23.3 Å². The molecule has 0 bridgehead atoms. The second-order valence-electron chi connectivity index (χ2n) is 3.18. The van der Waals surface area contributed by atoms with Crippen molar-refractivity contribution in [2.24, 2.45) is 0 Å². The molecule has 4 nitrogen and oxygen atoms in total. The Balaban J connectivity index is 2.85. The molecule has 0 atom stereocenters. The van der Waals surface area contributed by atoms with Gasteiger partial charge in [-0.25, -0.2) is 9.78 Å². The van der Waals surface area contributed by atoms with Gasteiger partial charge in [-0.05, 0) is 25.2 Å². The van der Waals surface area contributed by atoms with Crippen LogP contribution < -0.4 is 5.73 Å². The molecule has 0 fully saturated rings. The first-order valence-electron chi connectivity index (χ1n) is 5.24. The van der Waals surface area contributed by atoms with Crippen molar-refractivity contribution >= 4 is 23.4 Å². The normalized spacial score (nSPS) is 10.1. The van der Waals surface area contributed by atoms with Crippen LogP contribution in [0.25, 0.3) is 0 Å². The van der Waals surface area contributed by atoms with Gasteiger partial charge in [0.25, 0.3) is 0 Å². The Bertz CT molecular complexity index is 369. The monoisotopic (exact) mass is 240 g/mol. The zero-order valence-corrected chi connectivity index (χ0v) is 10.3. The van der Waals surface area contributed by atoms with Gasteiger partial charge in [0.15, 0.2) is 0 Å². The summed E-state index contributed by atoms with van der Waals surface area (Å²) in [7, 11) is 0. The van der Waals surface area contributed by atoms with Gasteiger partial charge in [-0.3, -0.25) is 0 Å². The summed E-state index contributed by atoms with van der Waals surface area (Å²) < 4.78 is 4.91. The van der Waals surface area contributed by atoms with Gasteiger partial charge in [0, 0.05) is 0 Å². The van der Waals surface area contributed by atoms with Gasteiger partial charge in [0.1, 0.15) is 0 Å². The number of aromatic nitrogens is 1. The molecule has 0 unspecified atom stereocenters. The lowest BCUT2D eigenvalue weighted by Gasteiger charge is -2.06. The molecule has 1 aromatic rings. The average Bonchev–Trinajstić information content (AvgIpc) is 2.28. The van der Waals surface area contributed by atoms with Crippen LogP contribution in [-0.2, 0) is 4.74 Å². The second-order valence-corrected chi connectivity index (χ2v) is 4.29. The maximum absolute atomic E-state index is 11.6. The minimum Gasteiger partial charge on any atom is -0.462 e. The lowest BCUT2D eigenvalue weighted by atomic mass is 10.2. The summed E-state index contributed by atoms with van der Waals surface area (Å²) in [6.07, 6.45) is 2.57. The highest BCUT2D eigenvalue weighted by atomic mass is 32.2. The van der Waals surface area contributed by atoms with E-state index in [2.05, 4.69) is 11.9 Å². The highest BCUT2D eigenvalue weighted by Crippen LogP contribution is 2.21. The van der Waals surface area contributed by atoms with Crippen LogP contribution in [0, 0.1) is 0 Å². The van der Waals surface area contributed by atoms with Gasteiger partial charge in [-0.2, -0.15) is 0 Å². The number of esters is 1. The first-order valence-corrected chi connectivity index (χ1v) is 6.23. The van der Waals surface area contributed by atoms with Crippen LogP contribution >= 0.6 is 11.8 Å². The molecule has 0 saturated carbocycles. The third-order valence-corrected chi connectivity index (χ3v) is 2.99. The summed E-state index contributed by atoms with van der Waals surface area (Å²) in [6.45, 7) is 4.20. The molecule has 0 aliphatic carbocycles. The number of carbonyl (C=O) groups is 1. The number of ether oxygens (including phenoxy) is 1. The summed E-state index contributed by atoms with van der Waals surface area (Å²) in [5.74, 6) is 0.583. The summed E-state index contributed by atoms with van der Waals surface area (Å²) in [5, 5.41) is 0.805. The van der Waals surface area contributed by atoms with E-state index >= 15 is 0 Å². The van der Waals surface area contributed by atoms with Crippen molar-refractivity contribution in [3.63, 3.8) is 0 Å². The Labute approximate surface area is 99.6 Å². The van der Waals surface area contributed by atoms with E-state index in [0.717, 1.165) is 17.2 Å². The van der Waals surface area contributed by atoms with Crippen molar-refractivity contribution in [1.29, 1.82) is 0 Å². The van der Waals surface area contributed by atoms with Gasteiger partial charge >= 0.3 is 5.97 Å². The molecule has 88 valence electrons. The van der Waals surface area contributed by atoms with Crippen molar-refractivity contribution in [1.82, 2.24) is 4.98 Å². The molecule has 1 rings (SSSR count). The molecule has 1 aromatic heterocycles. The third-order valence-electron chi connectivity index (χ3n) is 1.86. The summed E-state index contributed by atoms with van der Waals surface area (Å²) in [5.41, 5.74) is 6.44. The molecular formula is C11H16N2O2S. The Hall–Kier alpha value is -1.23. The SMILES string of the molecule is CCCSc1cc(C(=O)OCC)c(N)cn1. The first kappa shape index (κ1) is 12.8. The van der Waals surface area contributed by atoms with Crippen LogP contribution in [0.5, 0.6) is 0 Å². The number of pyridine rings is 1. The van der Waals surface area contributed by atoms with E-state index in [1.807, 2.05) is 0 Å². The number of nitrogen functional groups attached to an aromatic ring is 1. The van der Waals surface area contributed by atoms with Gasteiger partial charge in [-0.1, -0.05) is 6.92 Å². The number of rotatable bonds is 5. The summed E-state index contributed by atoms with van der Waals surface area (Å²) in [6, 6.07) is 1.69. The van der Waals surface area contributed by atoms with Gasteiger partial charge in [0.2, 0.25) is 0 Å². The fourth-order valence-corrected chi connectivity index (χ4v) is 1.86. The molecule has 0 spiro atoms. The molecule has 0 amide bonds. The minimum atomic E-state index is -0.388. The molecule has 0 aliphatic rings. The standard InChI is InChI=1S/C11H16N2O2S/c1-3-5-16-10-6-8(9(12)7-13-10)11(14)15-4-2/h6-7H,3-5,12H2,1-2H3. The molecule has 0 aliphatic heterocycles. The van der Waals surface area contributed by atoms with E-state index < -0.39 is 0 Å². The number of nitrogens with zero attached hydrogens (tertiary/aromatic N) is 1. The summed E-state index contributed by atoms with van der Waals surface area (Å²) >= 11 is 1.60. The van der Waals surface area contributed by atoms with Crippen molar-refractivity contribution in [2.75, 3.05) is 18.1 Å². The zero-order valence-electron chi connectivity index (χ0n) is 9.53. The highest BCUT2D eigenvalue weighted by Gasteiger charge is 2.12. The third kappa shape index (κ3) is 3.41. The fraction of sp³-hybridized carbons (Fsp3) is 0.455. The van der Waals surface area contributed by atoms with Crippen LogP contribution in [0.4, 0.5) is 5.69 Å². The second kappa shape index (κ2) is 6.37. The lowest BCUT2D eigenvalue weighted by Crippen LogP contribution is -2.08. The van der Waals surface area contributed by atoms with Gasteiger partial charge in [0.05, 0.1) is 29.1 Å². The largest absolute Gasteiger partial charge is 0.462 e. The molecule has 5 heteroatoms. The van der Waals surface area contributed by atoms with E-state index in [4.69, 9.17) is 10.5 Å². The zero-order chi connectivity index (χ0) is 12.0. The van der Waals surface area contributed by atoms with Crippen LogP contribution in [0.3, 0.4) is 0 Å². The van der Waals surface area contributed by atoms with Crippen molar-refractivity contribution in [3.8, 4) is 0 Å². The lowest BCUT2D eigenvalue weighted by molar-refractivity contribution is 0.0527. The Morgan fingerprint density at radius 2 is 2.31 bits per heavy atom. The predicted molar refractivity (Wildman–Crippen MR) is 65.6 cm³/mol. The molecule has 1 heterocycles. The molecule has 0 radical (unpaired) electrons. The molecule has 0 saturated heterocycles. The number of nitrogens with two attached hydrogens (primary N) is 1. The van der Waals surface area contributed by atoms with Crippen LogP contribution in [0.15, 0.2) is 17.3 Å². The Morgan fingerprint density at radius 1 is 1.56 bits per heavy atom. The highest BCUT2D eigenvalue weighted by molar-refractivity contribution is 7.99. The average molecular weight is 240 g/mol. The van der Waals surface area contributed by atoms with Gasteiger partial charge < -0.3 is 10.5 Å². The van der Waals surface area contributed by atoms with Crippen molar-refractivity contribution < 1.29 is 9.53 Å². The van der Waals surface area contributed by atoms with E-state index in [0.29, 0.717) is 17.9 Å². The van der Waals surface area contributed by atoms with E-state index in [9.17, 15) is 4.79 Å². The van der Waals surface area contributed by atoms with Gasteiger partial charge in [-0.15, -0.1) is 11.8 Å². The maximum Gasteiger partial charge on any atom is 0.340 e. The predicted octanol–water partition coefficient (Wildman–Crippen LogP) is 2.34. The molecular weight excluding hydrogens is 224 g/mol. The maximum atomic E-state index is 11.6. The topological polar surface area (TPSA) is 65.2 Å². The smallest absolute Gasteiger partial charge is 0.340 e. The van der Waals surface area contributed by atoms with E-state index in [1.54, 1.807) is 24.8 Å². The number of anilines is 1. The number of carbonyl (C=O) groups excluding carboxylic acids is 1. The fourth-order valence-electron chi connectivity index (χ4n) is 1.12. The minimum absolute atomic E-state index is 0.345. The molecule has 2 N–H and O–H groups in total. The van der Waals surface area contributed by atoms with E-state index in [1.165, 1.54) is 6.20 Å². The number of hydrogen-bond acceptors (Lipinski definition) is 5. The first-order chi connectivity index (χ1) is 7.69. The van der Waals surface area contributed by atoms with Crippen molar-refractivity contribution in [2.45, 2.75) is 25.3 Å². The van der Waals surface area contributed by atoms with Crippen molar-refractivity contribution in [3.05, 3.63) is 17.8 Å². The summed E-state index contributed by atoms with van der Waals surface area (Å²) in [4.78, 5) is 15.7. The van der Waals surface area contributed by atoms with Crippen LogP contribution in [0.1, 0.15) is 30.6 Å². The van der Waals surface area contributed by atoms with E-state index in [-0.39, 0.29) is 5.97 Å². The quantitative estimate of drug-likeness (QED) is 0.632.